The van der Waals surface area contributed by atoms with Gasteiger partial charge in [-0.25, -0.2) is 9.18 Å². The minimum atomic E-state index is -1.17. The lowest BCUT2D eigenvalue weighted by Gasteiger charge is -2.07. The van der Waals surface area contributed by atoms with Gasteiger partial charge in [-0.3, -0.25) is 4.79 Å². The zero-order valence-corrected chi connectivity index (χ0v) is 10.5. The van der Waals surface area contributed by atoms with Crippen LogP contribution >= 0.6 is 11.6 Å². The van der Waals surface area contributed by atoms with E-state index in [1.807, 2.05) is 0 Å². The molecule has 0 saturated carbocycles. The van der Waals surface area contributed by atoms with Crippen molar-refractivity contribution in [1.82, 2.24) is 0 Å². The van der Waals surface area contributed by atoms with E-state index in [1.165, 1.54) is 26.0 Å². The predicted octanol–water partition coefficient (Wildman–Crippen LogP) is 2.84. The molecule has 1 amide bonds. The van der Waals surface area contributed by atoms with Crippen LogP contribution in [0.15, 0.2) is 29.3 Å². The first-order valence-corrected chi connectivity index (χ1v) is 5.38. The lowest BCUT2D eigenvalue weighted by Crippen LogP contribution is -2.16. The molecule has 1 rings (SSSR count). The molecule has 0 unspecified atom stereocenters. The molecule has 0 radical (unpaired) electrons. The van der Waals surface area contributed by atoms with Crippen LogP contribution in [-0.4, -0.2) is 17.0 Å². The van der Waals surface area contributed by atoms with E-state index in [1.54, 1.807) is 0 Å². The number of carbonyl (C=O) groups is 2. The zero-order chi connectivity index (χ0) is 13.9. The lowest BCUT2D eigenvalue weighted by molar-refractivity contribution is -0.133. The fourth-order valence-corrected chi connectivity index (χ4v) is 1.31. The monoisotopic (exact) mass is 271 g/mol. The van der Waals surface area contributed by atoms with Crippen LogP contribution in [-0.2, 0) is 9.59 Å². The van der Waals surface area contributed by atoms with Crippen LogP contribution in [0.1, 0.15) is 13.8 Å². The van der Waals surface area contributed by atoms with Crippen LogP contribution in [0.2, 0.25) is 5.02 Å². The molecule has 6 heteroatoms. The molecule has 0 aliphatic carbocycles. The van der Waals surface area contributed by atoms with Crippen LogP contribution in [0, 0.1) is 5.82 Å². The maximum atomic E-state index is 12.9. The molecule has 0 aliphatic heterocycles. The summed E-state index contributed by atoms with van der Waals surface area (Å²) < 4.78 is 12.9. The van der Waals surface area contributed by atoms with Gasteiger partial charge in [0.15, 0.2) is 0 Å². The van der Waals surface area contributed by atoms with Gasteiger partial charge in [0.2, 0.25) is 0 Å². The van der Waals surface area contributed by atoms with E-state index < -0.39 is 17.7 Å². The third-order valence-electron chi connectivity index (χ3n) is 2.40. The van der Waals surface area contributed by atoms with Crippen molar-refractivity contribution >= 4 is 29.2 Å². The minimum Gasteiger partial charge on any atom is -0.478 e. The number of anilines is 1. The van der Waals surface area contributed by atoms with Crippen molar-refractivity contribution in [2.24, 2.45) is 0 Å². The molecule has 0 bridgehead atoms. The smallest absolute Gasteiger partial charge is 0.331 e. The zero-order valence-electron chi connectivity index (χ0n) is 9.75. The Kier molecular flexibility index (Phi) is 4.44. The number of nitrogens with one attached hydrogen (secondary N) is 1. The van der Waals surface area contributed by atoms with Crippen LogP contribution < -0.4 is 5.32 Å². The lowest BCUT2D eigenvalue weighted by atomic mass is 10.1. The summed E-state index contributed by atoms with van der Waals surface area (Å²) in [6.45, 7) is 2.72. The van der Waals surface area contributed by atoms with Crippen LogP contribution in [0.4, 0.5) is 10.1 Å². The first-order valence-electron chi connectivity index (χ1n) is 5.00. The Morgan fingerprint density at radius 1 is 1.28 bits per heavy atom. The summed E-state index contributed by atoms with van der Waals surface area (Å²) in [5.41, 5.74) is 0.313. The van der Waals surface area contributed by atoms with Gasteiger partial charge in [0.1, 0.15) is 5.82 Å². The molecule has 2 N–H and O–H groups in total. The Morgan fingerprint density at radius 3 is 2.39 bits per heavy atom. The number of benzene rings is 1. The molecule has 18 heavy (non-hydrogen) atoms. The van der Waals surface area contributed by atoms with Crippen molar-refractivity contribution in [2.75, 3.05) is 5.32 Å². The fraction of sp³-hybridized carbons (Fsp3) is 0.167. The molecule has 4 nitrogen and oxygen atoms in total. The van der Waals surface area contributed by atoms with Crippen LogP contribution in [0.5, 0.6) is 0 Å². The second kappa shape index (κ2) is 5.64. The molecule has 96 valence electrons. The van der Waals surface area contributed by atoms with Gasteiger partial charge in [-0.05, 0) is 32.0 Å². The normalized spacial score (nSPS) is 11.8. The number of aliphatic carboxylic acids is 1. The average Bonchev–Trinajstić information content (AvgIpc) is 2.31. The first kappa shape index (κ1) is 14.2. The van der Waals surface area contributed by atoms with E-state index in [9.17, 15) is 14.0 Å². The number of hydrogen-bond acceptors (Lipinski definition) is 2. The number of carbonyl (C=O) groups excluding carboxylic acids is 1. The quantitative estimate of drug-likeness (QED) is 0.831. The topological polar surface area (TPSA) is 66.4 Å². The highest BCUT2D eigenvalue weighted by Gasteiger charge is 2.13. The van der Waals surface area contributed by atoms with Gasteiger partial charge in [-0.2, -0.15) is 0 Å². The molecule has 0 spiro atoms. The first-order chi connectivity index (χ1) is 8.32. The van der Waals surface area contributed by atoms with E-state index in [0.29, 0.717) is 5.69 Å². The van der Waals surface area contributed by atoms with E-state index in [-0.39, 0.29) is 16.2 Å². The van der Waals surface area contributed by atoms with Crippen LogP contribution in [0.3, 0.4) is 0 Å². The highest BCUT2D eigenvalue weighted by molar-refractivity contribution is 6.31. The van der Waals surface area contributed by atoms with Gasteiger partial charge < -0.3 is 10.4 Å². The SMILES string of the molecule is C/C(C(=O)O)=C(\C)C(=O)Nc1ccc(F)c(Cl)c1. The Bertz CT molecular complexity index is 540. The number of carboxylic acids is 1. The third-order valence-corrected chi connectivity index (χ3v) is 2.69. The molecule has 0 saturated heterocycles. The number of halogens is 2. The third kappa shape index (κ3) is 3.30. The molecule has 0 fully saturated rings. The number of carboxylic acid groups (broad SMARTS) is 1. The summed E-state index contributed by atoms with van der Waals surface area (Å²) in [6, 6.07) is 3.70. The summed E-state index contributed by atoms with van der Waals surface area (Å²) in [4.78, 5) is 22.4. The Balaban J connectivity index is 2.92. The molecule has 0 aliphatic rings. The number of amides is 1. The summed E-state index contributed by atoms with van der Waals surface area (Å²) in [6.07, 6.45) is 0. The minimum absolute atomic E-state index is 0.0549. The number of hydrogen-bond donors (Lipinski definition) is 2. The summed E-state index contributed by atoms with van der Waals surface area (Å²) >= 11 is 5.56. The van der Waals surface area contributed by atoms with E-state index >= 15 is 0 Å². The molecule has 0 atom stereocenters. The highest BCUT2D eigenvalue weighted by atomic mass is 35.5. The standard InChI is InChI=1S/C12H11ClFNO3/c1-6(7(2)12(17)18)11(16)15-8-3-4-10(14)9(13)5-8/h3-5H,1-2H3,(H,15,16)(H,17,18)/b7-6-. The van der Waals surface area contributed by atoms with Crippen molar-refractivity contribution in [1.29, 1.82) is 0 Å². The number of rotatable bonds is 3. The van der Waals surface area contributed by atoms with Gasteiger partial charge in [0.05, 0.1) is 5.02 Å². The molecular formula is C12H11ClFNO3. The van der Waals surface area contributed by atoms with Crippen molar-refractivity contribution < 1.29 is 19.1 Å². The Labute approximate surface area is 108 Å². The second-order valence-electron chi connectivity index (χ2n) is 3.64. The second-order valence-corrected chi connectivity index (χ2v) is 4.05. The molecule has 0 heterocycles. The Morgan fingerprint density at radius 2 is 1.89 bits per heavy atom. The van der Waals surface area contributed by atoms with Gasteiger partial charge >= 0.3 is 5.97 Å². The van der Waals surface area contributed by atoms with Gasteiger partial charge in [0, 0.05) is 16.8 Å². The average molecular weight is 272 g/mol. The van der Waals surface area contributed by atoms with Gasteiger partial charge in [-0.15, -0.1) is 0 Å². The van der Waals surface area contributed by atoms with E-state index in [0.717, 1.165) is 6.07 Å². The van der Waals surface area contributed by atoms with E-state index in [4.69, 9.17) is 16.7 Å². The van der Waals surface area contributed by atoms with Gasteiger partial charge in [0.25, 0.3) is 5.91 Å². The summed E-state index contributed by atoms with van der Waals surface area (Å²) in [5.74, 6) is -2.33. The van der Waals surface area contributed by atoms with Crippen molar-refractivity contribution in [3.8, 4) is 0 Å². The maximum absolute atomic E-state index is 12.9. The van der Waals surface area contributed by atoms with E-state index in [2.05, 4.69) is 5.32 Å². The summed E-state index contributed by atoms with van der Waals surface area (Å²) in [7, 11) is 0. The van der Waals surface area contributed by atoms with Crippen molar-refractivity contribution in [2.45, 2.75) is 13.8 Å². The predicted molar refractivity (Wildman–Crippen MR) is 66.0 cm³/mol. The molecule has 1 aromatic carbocycles. The maximum Gasteiger partial charge on any atom is 0.331 e. The van der Waals surface area contributed by atoms with Crippen molar-refractivity contribution in [3.05, 3.63) is 40.2 Å². The van der Waals surface area contributed by atoms with Crippen molar-refractivity contribution in [3.63, 3.8) is 0 Å². The summed E-state index contributed by atoms with van der Waals surface area (Å²) in [5, 5.41) is 11.1. The molecular weight excluding hydrogens is 261 g/mol. The Hall–Kier alpha value is -1.88. The largest absolute Gasteiger partial charge is 0.478 e. The fourth-order valence-electron chi connectivity index (χ4n) is 1.13. The van der Waals surface area contributed by atoms with Crippen LogP contribution in [0.25, 0.3) is 0 Å². The van der Waals surface area contributed by atoms with Gasteiger partial charge in [-0.1, -0.05) is 11.6 Å². The molecule has 0 aromatic heterocycles. The highest BCUT2D eigenvalue weighted by Crippen LogP contribution is 2.20. The molecule has 1 aromatic rings.